The summed E-state index contributed by atoms with van der Waals surface area (Å²) >= 11 is 0. The van der Waals surface area contributed by atoms with E-state index < -0.39 is 0 Å². The fourth-order valence-electron chi connectivity index (χ4n) is 2.59. The third kappa shape index (κ3) is 3.64. The number of hydrogen-bond acceptors (Lipinski definition) is 6. The Kier molecular flexibility index (Phi) is 4.70. The average Bonchev–Trinajstić information content (AvgIpc) is 3.13. The fraction of sp³-hybridized carbons (Fsp3) is 0.500. The number of hydrogen-bond donors (Lipinski definition) is 0. The van der Waals surface area contributed by atoms with Gasteiger partial charge in [-0.1, -0.05) is 17.3 Å². The van der Waals surface area contributed by atoms with Crippen LogP contribution in [0.2, 0.25) is 0 Å². The van der Waals surface area contributed by atoms with Gasteiger partial charge in [-0.3, -0.25) is 4.90 Å². The molecule has 0 saturated heterocycles. The smallest absolute Gasteiger partial charge is 0.240 e. The Morgan fingerprint density at radius 3 is 3.09 bits per heavy atom. The summed E-state index contributed by atoms with van der Waals surface area (Å²) in [6.07, 6.45) is 1.67. The van der Waals surface area contributed by atoms with Crippen LogP contribution in [0.4, 0.5) is 0 Å². The molecule has 6 heteroatoms. The molecule has 118 valence electrons. The van der Waals surface area contributed by atoms with E-state index >= 15 is 0 Å². The van der Waals surface area contributed by atoms with Crippen molar-refractivity contribution in [1.29, 1.82) is 0 Å². The summed E-state index contributed by atoms with van der Waals surface area (Å²) in [4.78, 5) is 6.53. The topological polar surface area (TPSA) is 60.6 Å². The first-order chi connectivity index (χ1) is 10.7. The van der Waals surface area contributed by atoms with Crippen LogP contribution in [0.15, 0.2) is 22.7 Å². The number of fused-ring (bicyclic) bond motifs is 1. The molecule has 0 radical (unpaired) electrons. The van der Waals surface area contributed by atoms with E-state index in [1.54, 1.807) is 7.11 Å². The molecule has 2 heterocycles. The van der Waals surface area contributed by atoms with Gasteiger partial charge in [-0.2, -0.15) is 4.98 Å². The fourth-order valence-corrected chi connectivity index (χ4v) is 2.59. The molecule has 0 amide bonds. The molecule has 22 heavy (non-hydrogen) atoms. The van der Waals surface area contributed by atoms with Gasteiger partial charge in [0.2, 0.25) is 5.89 Å². The zero-order valence-electron chi connectivity index (χ0n) is 13.0. The minimum atomic E-state index is 0.603. The van der Waals surface area contributed by atoms with Gasteiger partial charge in [-0.25, -0.2) is 0 Å². The third-order valence-electron chi connectivity index (χ3n) is 3.65. The highest BCUT2D eigenvalue weighted by Crippen LogP contribution is 2.26. The van der Waals surface area contributed by atoms with Gasteiger partial charge in [0, 0.05) is 26.5 Å². The van der Waals surface area contributed by atoms with Gasteiger partial charge in [0.25, 0.3) is 0 Å². The number of nitrogens with zero attached hydrogens (tertiary/aromatic N) is 3. The van der Waals surface area contributed by atoms with Gasteiger partial charge in [0.05, 0.1) is 19.8 Å². The second-order valence-electron chi connectivity index (χ2n) is 5.56. The van der Waals surface area contributed by atoms with E-state index in [0.717, 1.165) is 25.3 Å². The molecule has 0 saturated carbocycles. The van der Waals surface area contributed by atoms with Crippen molar-refractivity contribution in [2.45, 2.75) is 25.9 Å². The van der Waals surface area contributed by atoms with E-state index in [1.165, 1.54) is 11.1 Å². The first-order valence-electron chi connectivity index (χ1n) is 7.48. The zero-order valence-corrected chi connectivity index (χ0v) is 13.0. The number of rotatable bonds is 7. The summed E-state index contributed by atoms with van der Waals surface area (Å²) in [5, 5.41) is 3.95. The Morgan fingerprint density at radius 1 is 1.32 bits per heavy atom. The maximum atomic E-state index is 5.53. The van der Waals surface area contributed by atoms with Crippen LogP contribution in [-0.4, -0.2) is 42.4 Å². The molecular formula is C16H21N3O3. The molecule has 0 atom stereocenters. The van der Waals surface area contributed by atoms with Crippen LogP contribution in [0.25, 0.3) is 0 Å². The van der Waals surface area contributed by atoms with E-state index in [1.807, 2.05) is 7.05 Å². The lowest BCUT2D eigenvalue weighted by Crippen LogP contribution is -2.17. The summed E-state index contributed by atoms with van der Waals surface area (Å²) in [6.45, 7) is 2.86. The second kappa shape index (κ2) is 6.89. The Morgan fingerprint density at radius 2 is 2.23 bits per heavy atom. The molecule has 1 aliphatic heterocycles. The Labute approximate surface area is 130 Å². The zero-order chi connectivity index (χ0) is 15.4. The average molecular weight is 303 g/mol. The minimum absolute atomic E-state index is 0.603. The second-order valence-corrected chi connectivity index (χ2v) is 5.56. The van der Waals surface area contributed by atoms with Crippen LogP contribution in [0.3, 0.4) is 0 Å². The quantitative estimate of drug-likeness (QED) is 0.777. The molecule has 0 aliphatic carbocycles. The largest absolute Gasteiger partial charge is 0.493 e. The third-order valence-corrected chi connectivity index (χ3v) is 3.65. The summed E-state index contributed by atoms with van der Waals surface area (Å²) in [7, 11) is 3.71. The van der Waals surface area contributed by atoms with Crippen LogP contribution in [-0.2, 0) is 30.7 Å². The SMILES string of the molecule is COCCc1noc(CN(C)Cc2ccc3c(c2)CCO3)n1. The lowest BCUT2D eigenvalue weighted by atomic mass is 10.1. The lowest BCUT2D eigenvalue weighted by molar-refractivity contribution is 0.199. The van der Waals surface area contributed by atoms with E-state index in [4.69, 9.17) is 14.0 Å². The van der Waals surface area contributed by atoms with Crippen LogP contribution in [0.5, 0.6) is 5.75 Å². The molecule has 2 aromatic rings. The molecule has 1 aliphatic rings. The summed E-state index contributed by atoms with van der Waals surface area (Å²) < 4.78 is 15.8. The van der Waals surface area contributed by atoms with Gasteiger partial charge < -0.3 is 14.0 Å². The van der Waals surface area contributed by atoms with E-state index in [0.29, 0.717) is 31.3 Å². The van der Waals surface area contributed by atoms with Crippen molar-refractivity contribution in [3.63, 3.8) is 0 Å². The van der Waals surface area contributed by atoms with Gasteiger partial charge in [0.1, 0.15) is 5.75 Å². The predicted octanol–water partition coefficient (Wildman–Crippen LogP) is 1.83. The summed E-state index contributed by atoms with van der Waals surface area (Å²) in [5.41, 5.74) is 2.57. The Bertz CT molecular complexity index is 627. The molecule has 0 bridgehead atoms. The van der Waals surface area contributed by atoms with Crippen molar-refractivity contribution in [1.82, 2.24) is 15.0 Å². The Balaban J connectivity index is 1.55. The highest BCUT2D eigenvalue weighted by molar-refractivity contribution is 5.39. The predicted molar refractivity (Wildman–Crippen MR) is 80.7 cm³/mol. The molecule has 0 fully saturated rings. The van der Waals surface area contributed by atoms with Crippen molar-refractivity contribution in [2.75, 3.05) is 27.4 Å². The van der Waals surface area contributed by atoms with E-state index in [2.05, 4.69) is 33.2 Å². The van der Waals surface area contributed by atoms with Crippen molar-refractivity contribution in [2.24, 2.45) is 0 Å². The Hall–Kier alpha value is -1.92. The number of aromatic nitrogens is 2. The number of benzene rings is 1. The molecule has 6 nitrogen and oxygen atoms in total. The normalized spacial score (nSPS) is 13.4. The van der Waals surface area contributed by atoms with Crippen molar-refractivity contribution in [3.05, 3.63) is 41.0 Å². The first-order valence-corrected chi connectivity index (χ1v) is 7.48. The van der Waals surface area contributed by atoms with Crippen LogP contribution in [0.1, 0.15) is 22.8 Å². The van der Waals surface area contributed by atoms with Crippen molar-refractivity contribution >= 4 is 0 Å². The van der Waals surface area contributed by atoms with Crippen LogP contribution < -0.4 is 4.74 Å². The van der Waals surface area contributed by atoms with E-state index in [9.17, 15) is 0 Å². The first kappa shape index (κ1) is 15.0. The molecule has 1 aromatic carbocycles. The standard InChI is InChI=1S/C16H21N3O3/c1-19(11-16-17-15(18-22-16)6-7-20-2)10-12-3-4-14-13(9-12)5-8-21-14/h3-4,9H,5-8,10-11H2,1-2H3. The molecular weight excluding hydrogens is 282 g/mol. The molecule has 1 aromatic heterocycles. The highest BCUT2D eigenvalue weighted by Gasteiger charge is 2.14. The molecule has 0 N–H and O–H groups in total. The molecule has 3 rings (SSSR count). The minimum Gasteiger partial charge on any atom is -0.493 e. The number of ether oxygens (including phenoxy) is 2. The van der Waals surface area contributed by atoms with E-state index in [-0.39, 0.29) is 0 Å². The van der Waals surface area contributed by atoms with Gasteiger partial charge in [-0.05, 0) is 24.2 Å². The number of methoxy groups -OCH3 is 1. The monoisotopic (exact) mass is 303 g/mol. The van der Waals surface area contributed by atoms with Crippen LogP contribution >= 0.6 is 0 Å². The molecule has 0 spiro atoms. The highest BCUT2D eigenvalue weighted by atomic mass is 16.5. The molecule has 0 unspecified atom stereocenters. The van der Waals surface area contributed by atoms with Crippen molar-refractivity contribution < 1.29 is 14.0 Å². The van der Waals surface area contributed by atoms with Gasteiger partial charge in [0.15, 0.2) is 5.82 Å². The summed E-state index contributed by atoms with van der Waals surface area (Å²) in [5.74, 6) is 2.35. The lowest BCUT2D eigenvalue weighted by Gasteiger charge is -2.14. The van der Waals surface area contributed by atoms with Gasteiger partial charge in [-0.15, -0.1) is 0 Å². The van der Waals surface area contributed by atoms with Crippen LogP contribution in [0, 0.1) is 0 Å². The maximum absolute atomic E-state index is 5.53. The van der Waals surface area contributed by atoms with Gasteiger partial charge >= 0.3 is 0 Å². The maximum Gasteiger partial charge on any atom is 0.240 e. The summed E-state index contributed by atoms with van der Waals surface area (Å²) in [6, 6.07) is 6.39. The van der Waals surface area contributed by atoms with Crippen molar-refractivity contribution in [3.8, 4) is 5.75 Å².